The smallest absolute Gasteiger partial charge is 0.251 e. The molecule has 0 aliphatic rings. The van der Waals surface area contributed by atoms with E-state index >= 15 is 0 Å². The third-order valence-corrected chi connectivity index (χ3v) is 3.58. The van der Waals surface area contributed by atoms with Crippen LogP contribution in [0.2, 0.25) is 0 Å². The van der Waals surface area contributed by atoms with E-state index in [0.29, 0.717) is 18.7 Å². The van der Waals surface area contributed by atoms with Gasteiger partial charge in [0, 0.05) is 24.7 Å². The number of rotatable bonds is 7. The van der Waals surface area contributed by atoms with E-state index in [9.17, 15) is 9.59 Å². The maximum Gasteiger partial charge on any atom is 0.251 e. The number of nitrogens with one attached hydrogen (secondary N) is 2. The van der Waals surface area contributed by atoms with Crippen LogP contribution in [0, 0.1) is 0 Å². The van der Waals surface area contributed by atoms with Crippen LogP contribution in [0.25, 0.3) is 5.57 Å². The molecule has 0 bridgehead atoms. The average Bonchev–Trinajstić information content (AvgIpc) is 2.64. The standard InChI is InChI=1S/C20H22N2O2/c1-2-16(17-9-5-3-6-10-17)15-19(23)21-13-14-22-20(24)18-11-7-4-8-12-18/h3-12,15H,2,13-14H2,1H3,(H,21,23)(H,22,24)/b16-15+. The summed E-state index contributed by atoms with van der Waals surface area (Å²) in [5.41, 5.74) is 2.65. The summed E-state index contributed by atoms with van der Waals surface area (Å²) in [6.45, 7) is 2.80. The Labute approximate surface area is 142 Å². The SMILES string of the molecule is CC/C(=C\C(=O)NCCNC(=O)c1ccccc1)c1ccccc1. The number of hydrogen-bond donors (Lipinski definition) is 2. The summed E-state index contributed by atoms with van der Waals surface area (Å²) in [6, 6.07) is 18.8. The third kappa shape index (κ3) is 5.39. The summed E-state index contributed by atoms with van der Waals surface area (Å²) >= 11 is 0. The molecule has 0 unspecified atom stereocenters. The molecule has 2 rings (SSSR count). The van der Waals surface area contributed by atoms with Crippen molar-refractivity contribution >= 4 is 17.4 Å². The van der Waals surface area contributed by atoms with Gasteiger partial charge in [0.1, 0.15) is 0 Å². The molecule has 4 heteroatoms. The fourth-order valence-electron chi connectivity index (χ4n) is 2.30. The molecule has 0 radical (unpaired) electrons. The zero-order chi connectivity index (χ0) is 17.2. The molecule has 24 heavy (non-hydrogen) atoms. The van der Waals surface area contributed by atoms with Gasteiger partial charge in [0.2, 0.25) is 5.91 Å². The second-order valence-electron chi connectivity index (χ2n) is 5.30. The van der Waals surface area contributed by atoms with Gasteiger partial charge < -0.3 is 10.6 Å². The first-order valence-electron chi connectivity index (χ1n) is 8.07. The lowest BCUT2D eigenvalue weighted by atomic mass is 10.0. The Hall–Kier alpha value is -2.88. The van der Waals surface area contributed by atoms with E-state index in [-0.39, 0.29) is 11.8 Å². The van der Waals surface area contributed by atoms with E-state index < -0.39 is 0 Å². The Morgan fingerprint density at radius 1 is 0.833 bits per heavy atom. The van der Waals surface area contributed by atoms with Crippen LogP contribution in [0.4, 0.5) is 0 Å². The highest BCUT2D eigenvalue weighted by Crippen LogP contribution is 2.16. The zero-order valence-corrected chi connectivity index (χ0v) is 13.8. The van der Waals surface area contributed by atoms with Crippen molar-refractivity contribution in [3.63, 3.8) is 0 Å². The molecular formula is C20H22N2O2. The Balaban J connectivity index is 1.79. The third-order valence-electron chi connectivity index (χ3n) is 3.58. The summed E-state index contributed by atoms with van der Waals surface area (Å²) < 4.78 is 0. The average molecular weight is 322 g/mol. The van der Waals surface area contributed by atoms with Gasteiger partial charge in [-0.3, -0.25) is 9.59 Å². The van der Waals surface area contributed by atoms with Crippen LogP contribution in [0.15, 0.2) is 66.7 Å². The predicted octanol–water partition coefficient (Wildman–Crippen LogP) is 3.03. The van der Waals surface area contributed by atoms with Crippen molar-refractivity contribution in [2.45, 2.75) is 13.3 Å². The van der Waals surface area contributed by atoms with Crippen LogP contribution >= 0.6 is 0 Å². The summed E-state index contributed by atoms with van der Waals surface area (Å²) in [4.78, 5) is 23.9. The van der Waals surface area contributed by atoms with E-state index in [1.54, 1.807) is 18.2 Å². The van der Waals surface area contributed by atoms with Crippen molar-refractivity contribution in [1.82, 2.24) is 10.6 Å². The molecule has 2 aromatic carbocycles. The van der Waals surface area contributed by atoms with Gasteiger partial charge in [0.15, 0.2) is 0 Å². The lowest BCUT2D eigenvalue weighted by Gasteiger charge is -2.07. The van der Waals surface area contributed by atoms with Gasteiger partial charge in [-0.2, -0.15) is 0 Å². The van der Waals surface area contributed by atoms with Gasteiger partial charge in [-0.05, 0) is 29.7 Å². The van der Waals surface area contributed by atoms with E-state index in [4.69, 9.17) is 0 Å². The van der Waals surface area contributed by atoms with Crippen LogP contribution in [-0.4, -0.2) is 24.9 Å². The number of hydrogen-bond acceptors (Lipinski definition) is 2. The highest BCUT2D eigenvalue weighted by atomic mass is 16.2. The van der Waals surface area contributed by atoms with Crippen molar-refractivity contribution in [1.29, 1.82) is 0 Å². The first-order chi connectivity index (χ1) is 11.7. The molecule has 0 heterocycles. The minimum atomic E-state index is -0.148. The van der Waals surface area contributed by atoms with Crippen LogP contribution in [0.5, 0.6) is 0 Å². The molecule has 0 saturated heterocycles. The second kappa shape index (κ2) is 9.30. The monoisotopic (exact) mass is 322 g/mol. The molecule has 4 nitrogen and oxygen atoms in total. The van der Waals surface area contributed by atoms with Gasteiger partial charge in [-0.1, -0.05) is 55.5 Å². The number of carbonyl (C=O) groups is 2. The Kier molecular flexibility index (Phi) is 6.77. The van der Waals surface area contributed by atoms with Gasteiger partial charge >= 0.3 is 0 Å². The first kappa shape index (κ1) is 17.5. The number of allylic oxidation sites excluding steroid dienone is 1. The van der Waals surface area contributed by atoms with Crippen molar-refractivity contribution in [3.8, 4) is 0 Å². The number of benzene rings is 2. The summed E-state index contributed by atoms with van der Waals surface area (Å²) in [5.74, 6) is -0.288. The molecule has 2 amide bonds. The normalized spacial score (nSPS) is 11.0. The molecule has 2 N–H and O–H groups in total. The van der Waals surface area contributed by atoms with E-state index in [1.165, 1.54) is 0 Å². The van der Waals surface area contributed by atoms with E-state index in [1.807, 2.05) is 55.5 Å². The fourth-order valence-corrected chi connectivity index (χ4v) is 2.30. The second-order valence-corrected chi connectivity index (χ2v) is 5.30. The van der Waals surface area contributed by atoms with Crippen LogP contribution in [0.3, 0.4) is 0 Å². The lowest BCUT2D eigenvalue weighted by molar-refractivity contribution is -0.116. The first-order valence-corrected chi connectivity index (χ1v) is 8.07. The zero-order valence-electron chi connectivity index (χ0n) is 13.8. The topological polar surface area (TPSA) is 58.2 Å². The van der Waals surface area contributed by atoms with Gasteiger partial charge in [-0.15, -0.1) is 0 Å². The predicted molar refractivity (Wildman–Crippen MR) is 96.5 cm³/mol. The summed E-state index contributed by atoms with van der Waals surface area (Å²) in [7, 11) is 0. The molecule has 0 atom stereocenters. The molecule has 0 fully saturated rings. The summed E-state index contributed by atoms with van der Waals surface area (Å²) in [5, 5.41) is 5.57. The Bertz CT molecular complexity index is 694. The summed E-state index contributed by atoms with van der Waals surface area (Å²) in [6.07, 6.45) is 2.40. The number of carbonyl (C=O) groups excluding carboxylic acids is 2. The maximum atomic E-state index is 12.0. The van der Waals surface area contributed by atoms with Crippen molar-refractivity contribution < 1.29 is 9.59 Å². The number of amides is 2. The maximum absolute atomic E-state index is 12.0. The van der Waals surface area contributed by atoms with Gasteiger partial charge in [-0.25, -0.2) is 0 Å². The van der Waals surface area contributed by atoms with Crippen molar-refractivity contribution in [2.75, 3.05) is 13.1 Å². The molecule has 0 aliphatic carbocycles. The highest BCUT2D eigenvalue weighted by molar-refractivity contribution is 5.95. The molecule has 0 aromatic heterocycles. The Morgan fingerprint density at radius 2 is 1.38 bits per heavy atom. The van der Waals surface area contributed by atoms with Crippen molar-refractivity contribution in [2.24, 2.45) is 0 Å². The molecule has 124 valence electrons. The van der Waals surface area contributed by atoms with Gasteiger partial charge in [0.25, 0.3) is 5.91 Å². The minimum Gasteiger partial charge on any atom is -0.351 e. The minimum absolute atomic E-state index is 0.140. The van der Waals surface area contributed by atoms with E-state index in [2.05, 4.69) is 10.6 Å². The Morgan fingerprint density at radius 3 is 1.96 bits per heavy atom. The molecule has 0 aliphatic heterocycles. The lowest BCUT2D eigenvalue weighted by Crippen LogP contribution is -2.34. The van der Waals surface area contributed by atoms with Crippen LogP contribution in [0.1, 0.15) is 29.3 Å². The van der Waals surface area contributed by atoms with Crippen LogP contribution in [-0.2, 0) is 4.79 Å². The molecular weight excluding hydrogens is 300 g/mol. The van der Waals surface area contributed by atoms with Crippen LogP contribution < -0.4 is 10.6 Å². The van der Waals surface area contributed by atoms with Gasteiger partial charge in [0.05, 0.1) is 0 Å². The largest absolute Gasteiger partial charge is 0.351 e. The van der Waals surface area contributed by atoms with Crippen molar-refractivity contribution in [3.05, 3.63) is 77.9 Å². The molecule has 0 spiro atoms. The highest BCUT2D eigenvalue weighted by Gasteiger charge is 2.05. The molecule has 2 aromatic rings. The quantitative estimate of drug-likeness (QED) is 0.608. The molecule has 0 saturated carbocycles. The fraction of sp³-hybridized carbons (Fsp3) is 0.200. The van der Waals surface area contributed by atoms with E-state index in [0.717, 1.165) is 17.6 Å².